The highest BCUT2D eigenvalue weighted by Crippen LogP contribution is 2.16. The van der Waals surface area contributed by atoms with Crippen LogP contribution in [-0.2, 0) is 0 Å². The van der Waals surface area contributed by atoms with Crippen molar-refractivity contribution < 1.29 is 9.53 Å². The van der Waals surface area contributed by atoms with Crippen LogP contribution in [0, 0.1) is 0 Å². The Morgan fingerprint density at radius 2 is 1.62 bits per heavy atom. The van der Waals surface area contributed by atoms with Crippen LogP contribution in [0.5, 0.6) is 5.75 Å². The predicted molar refractivity (Wildman–Crippen MR) is 107 cm³/mol. The third kappa shape index (κ3) is 5.53. The van der Waals surface area contributed by atoms with Crippen molar-refractivity contribution in [2.24, 2.45) is 0 Å². The Kier molecular flexibility index (Phi) is 7.57. The summed E-state index contributed by atoms with van der Waals surface area (Å²) in [4.78, 5) is 16.7. The zero-order valence-electron chi connectivity index (χ0n) is 14.4. The second kappa shape index (κ2) is 9.67. The van der Waals surface area contributed by atoms with Crippen LogP contribution in [0.25, 0.3) is 0 Å². The van der Waals surface area contributed by atoms with Gasteiger partial charge in [0.25, 0.3) is 5.91 Å². The monoisotopic (exact) mass is 395 g/mol. The predicted octanol–water partition coefficient (Wildman–Crippen LogP) is 3.18. The number of nitrogens with zero attached hydrogens (tertiary/aromatic N) is 2. The Bertz CT molecular complexity index is 700. The molecule has 0 spiro atoms. The van der Waals surface area contributed by atoms with E-state index in [-0.39, 0.29) is 18.3 Å². The summed E-state index contributed by atoms with van der Waals surface area (Å²) in [6.45, 7) is 4.61. The second-order valence-electron chi connectivity index (χ2n) is 6.06. The summed E-state index contributed by atoms with van der Waals surface area (Å²) in [5, 5.41) is 0.703. The maximum absolute atomic E-state index is 12.5. The lowest BCUT2D eigenvalue weighted by molar-refractivity contribution is 0.0620. The first-order valence-electron chi connectivity index (χ1n) is 8.37. The number of piperazine rings is 1. The van der Waals surface area contributed by atoms with Gasteiger partial charge in [0.1, 0.15) is 12.4 Å². The lowest BCUT2D eigenvalue weighted by Crippen LogP contribution is -2.49. The normalized spacial score (nSPS) is 14.6. The van der Waals surface area contributed by atoms with Crippen LogP contribution in [0.3, 0.4) is 0 Å². The topological polar surface area (TPSA) is 58.8 Å². The smallest absolute Gasteiger partial charge is 0.253 e. The van der Waals surface area contributed by atoms with E-state index in [1.54, 1.807) is 24.3 Å². The van der Waals surface area contributed by atoms with Gasteiger partial charge in [0.2, 0.25) is 0 Å². The SMILES string of the molecule is Cl.Nc1ccc(C(=O)N2CCN(CCOc3ccc(Cl)cc3)CC2)cc1. The summed E-state index contributed by atoms with van der Waals surface area (Å²) in [6, 6.07) is 14.5. The maximum atomic E-state index is 12.5. The van der Waals surface area contributed by atoms with Gasteiger partial charge in [-0.2, -0.15) is 0 Å². The number of nitrogens with two attached hydrogens (primary N) is 1. The average Bonchev–Trinajstić information content (AvgIpc) is 2.64. The number of ether oxygens (including phenoxy) is 1. The van der Waals surface area contributed by atoms with Gasteiger partial charge in [-0.15, -0.1) is 12.4 Å². The molecule has 2 aromatic carbocycles. The van der Waals surface area contributed by atoms with Crippen LogP contribution in [0.1, 0.15) is 10.4 Å². The van der Waals surface area contributed by atoms with Gasteiger partial charge < -0.3 is 15.4 Å². The maximum Gasteiger partial charge on any atom is 0.253 e. The molecule has 0 aromatic heterocycles. The van der Waals surface area contributed by atoms with Crippen molar-refractivity contribution in [1.29, 1.82) is 0 Å². The fourth-order valence-electron chi connectivity index (χ4n) is 2.81. The molecule has 1 saturated heterocycles. The van der Waals surface area contributed by atoms with Crippen LogP contribution in [0.2, 0.25) is 5.02 Å². The van der Waals surface area contributed by atoms with E-state index in [2.05, 4.69) is 4.90 Å². The molecule has 1 heterocycles. The van der Waals surface area contributed by atoms with E-state index < -0.39 is 0 Å². The average molecular weight is 396 g/mol. The Morgan fingerprint density at radius 1 is 1.00 bits per heavy atom. The summed E-state index contributed by atoms with van der Waals surface area (Å²) in [6.07, 6.45) is 0. The Morgan fingerprint density at radius 3 is 2.23 bits per heavy atom. The van der Waals surface area contributed by atoms with E-state index in [1.165, 1.54) is 0 Å². The molecule has 1 amide bonds. The molecule has 3 rings (SSSR count). The van der Waals surface area contributed by atoms with Crippen molar-refractivity contribution in [3.05, 3.63) is 59.1 Å². The quantitative estimate of drug-likeness (QED) is 0.789. The molecule has 5 nitrogen and oxygen atoms in total. The molecular weight excluding hydrogens is 373 g/mol. The molecule has 2 N–H and O–H groups in total. The number of amides is 1. The lowest BCUT2D eigenvalue weighted by atomic mass is 10.1. The number of nitrogen functional groups attached to an aromatic ring is 1. The number of benzene rings is 2. The van der Waals surface area contributed by atoms with Gasteiger partial charge in [-0.05, 0) is 48.5 Å². The van der Waals surface area contributed by atoms with Gasteiger partial charge in [0.05, 0.1) is 0 Å². The molecule has 0 saturated carbocycles. The van der Waals surface area contributed by atoms with E-state index >= 15 is 0 Å². The fraction of sp³-hybridized carbons (Fsp3) is 0.316. The Balaban J connectivity index is 0.00000243. The highest BCUT2D eigenvalue weighted by atomic mass is 35.5. The van der Waals surface area contributed by atoms with E-state index in [1.807, 2.05) is 29.2 Å². The van der Waals surface area contributed by atoms with Crippen molar-refractivity contribution >= 4 is 35.6 Å². The van der Waals surface area contributed by atoms with Gasteiger partial charge in [0, 0.05) is 49.0 Å². The van der Waals surface area contributed by atoms with E-state index in [0.29, 0.717) is 22.9 Å². The molecule has 0 radical (unpaired) electrons. The largest absolute Gasteiger partial charge is 0.492 e. The molecule has 1 aliphatic rings. The summed E-state index contributed by atoms with van der Waals surface area (Å²) in [5.74, 6) is 0.888. The first-order valence-corrected chi connectivity index (χ1v) is 8.75. The summed E-state index contributed by atoms with van der Waals surface area (Å²) in [7, 11) is 0. The molecule has 0 atom stereocenters. The summed E-state index contributed by atoms with van der Waals surface area (Å²) >= 11 is 5.86. The number of anilines is 1. The molecule has 0 unspecified atom stereocenters. The summed E-state index contributed by atoms with van der Waals surface area (Å²) < 4.78 is 5.73. The zero-order chi connectivity index (χ0) is 17.6. The van der Waals surface area contributed by atoms with E-state index in [4.69, 9.17) is 22.1 Å². The Labute approximate surface area is 165 Å². The minimum absolute atomic E-state index is 0. The first kappa shape index (κ1) is 20.4. The van der Waals surface area contributed by atoms with Crippen molar-refractivity contribution in [2.45, 2.75) is 0 Å². The fourth-order valence-corrected chi connectivity index (χ4v) is 2.93. The van der Waals surface area contributed by atoms with Crippen LogP contribution in [0.4, 0.5) is 5.69 Å². The van der Waals surface area contributed by atoms with E-state index in [9.17, 15) is 4.79 Å². The van der Waals surface area contributed by atoms with Crippen LogP contribution in [-0.4, -0.2) is 55.0 Å². The third-order valence-corrected chi connectivity index (χ3v) is 4.56. The second-order valence-corrected chi connectivity index (χ2v) is 6.49. The van der Waals surface area contributed by atoms with Crippen LogP contribution in [0.15, 0.2) is 48.5 Å². The highest BCUT2D eigenvalue weighted by Gasteiger charge is 2.21. The van der Waals surface area contributed by atoms with E-state index in [0.717, 1.165) is 38.5 Å². The summed E-state index contributed by atoms with van der Waals surface area (Å²) in [5.41, 5.74) is 7.03. The molecule has 1 aliphatic heterocycles. The standard InChI is InChI=1S/C19H22ClN3O2.ClH/c20-16-3-7-18(8-4-16)25-14-13-22-9-11-23(12-10-22)19(24)15-1-5-17(21)6-2-15;/h1-8H,9-14,21H2;1H. The number of hydrogen-bond acceptors (Lipinski definition) is 4. The van der Waals surface area contributed by atoms with Gasteiger partial charge in [-0.25, -0.2) is 0 Å². The van der Waals surface area contributed by atoms with Gasteiger partial charge in [-0.1, -0.05) is 11.6 Å². The molecule has 2 aromatic rings. The van der Waals surface area contributed by atoms with Crippen LogP contribution < -0.4 is 10.5 Å². The zero-order valence-corrected chi connectivity index (χ0v) is 16.0. The number of halogens is 2. The molecule has 140 valence electrons. The molecule has 7 heteroatoms. The lowest BCUT2D eigenvalue weighted by Gasteiger charge is -2.34. The molecule has 0 aliphatic carbocycles. The van der Waals surface area contributed by atoms with Crippen LogP contribution >= 0.6 is 24.0 Å². The van der Waals surface area contributed by atoms with Gasteiger partial charge >= 0.3 is 0 Å². The van der Waals surface area contributed by atoms with Crippen molar-refractivity contribution in [1.82, 2.24) is 9.80 Å². The van der Waals surface area contributed by atoms with Crippen molar-refractivity contribution in [3.63, 3.8) is 0 Å². The minimum Gasteiger partial charge on any atom is -0.492 e. The van der Waals surface area contributed by atoms with Gasteiger partial charge in [-0.3, -0.25) is 9.69 Å². The number of carbonyl (C=O) groups is 1. The third-order valence-electron chi connectivity index (χ3n) is 4.31. The number of rotatable bonds is 5. The van der Waals surface area contributed by atoms with Gasteiger partial charge in [0.15, 0.2) is 0 Å². The molecule has 1 fully saturated rings. The molecule has 26 heavy (non-hydrogen) atoms. The molecule has 0 bridgehead atoms. The first-order chi connectivity index (χ1) is 12.1. The number of carbonyl (C=O) groups excluding carboxylic acids is 1. The van der Waals surface area contributed by atoms with Crippen molar-refractivity contribution in [3.8, 4) is 5.75 Å². The molecular formula is C19H23Cl2N3O2. The number of hydrogen-bond donors (Lipinski definition) is 1. The Hall–Kier alpha value is -1.95. The van der Waals surface area contributed by atoms with Crippen molar-refractivity contribution in [2.75, 3.05) is 45.1 Å². The minimum atomic E-state index is 0. The highest BCUT2D eigenvalue weighted by molar-refractivity contribution is 6.30.